The molecule has 7 nitrogen and oxygen atoms in total. The third kappa shape index (κ3) is 3.05. The number of aromatic carboxylic acids is 1. The van der Waals surface area contributed by atoms with Crippen LogP contribution in [-0.2, 0) is 9.53 Å². The van der Waals surface area contributed by atoms with Crippen LogP contribution in [0.15, 0.2) is 18.2 Å². The number of nitrogens with zero attached hydrogens (tertiary/aromatic N) is 1. The normalized spacial score (nSPS) is 8.94. The highest BCUT2D eigenvalue weighted by molar-refractivity contribution is 5.93. The lowest BCUT2D eigenvalue weighted by Crippen LogP contribution is -2.02. The van der Waals surface area contributed by atoms with Crippen LogP contribution in [0.4, 0.5) is 5.69 Å². The Morgan fingerprint density at radius 1 is 1.44 bits per heavy atom. The Bertz CT molecular complexity index is 581. The van der Waals surface area contributed by atoms with Gasteiger partial charge in [-0.1, -0.05) is 5.92 Å². The van der Waals surface area contributed by atoms with E-state index in [1.807, 2.05) is 5.92 Å². The van der Waals surface area contributed by atoms with E-state index in [1.54, 1.807) is 0 Å². The second-order valence-electron chi connectivity index (χ2n) is 3.03. The van der Waals surface area contributed by atoms with Crippen molar-refractivity contribution in [3.63, 3.8) is 0 Å². The Hall–Kier alpha value is -2.88. The molecule has 0 aliphatic heterocycles. The minimum absolute atomic E-state index is 0.00139. The molecule has 0 heterocycles. The van der Waals surface area contributed by atoms with E-state index in [0.717, 1.165) is 25.3 Å². The summed E-state index contributed by atoms with van der Waals surface area (Å²) in [5, 5.41) is 19.4. The number of nitro groups is 1. The minimum Gasteiger partial charge on any atom is -0.478 e. The summed E-state index contributed by atoms with van der Waals surface area (Å²) >= 11 is 0. The fraction of sp³-hybridized carbons (Fsp3) is 0.0909. The Morgan fingerprint density at radius 2 is 2.11 bits per heavy atom. The largest absolute Gasteiger partial charge is 0.478 e. The molecule has 0 amide bonds. The van der Waals surface area contributed by atoms with E-state index in [1.165, 1.54) is 0 Å². The van der Waals surface area contributed by atoms with Crippen LogP contribution < -0.4 is 0 Å². The summed E-state index contributed by atoms with van der Waals surface area (Å²) in [6.07, 6.45) is 0. The van der Waals surface area contributed by atoms with Gasteiger partial charge in [0.15, 0.2) is 0 Å². The van der Waals surface area contributed by atoms with E-state index in [9.17, 15) is 19.7 Å². The first-order valence-corrected chi connectivity index (χ1v) is 4.57. The van der Waals surface area contributed by atoms with Crippen molar-refractivity contribution in [2.24, 2.45) is 0 Å². The molecule has 0 aliphatic rings. The highest BCUT2D eigenvalue weighted by atomic mass is 16.6. The van der Waals surface area contributed by atoms with Crippen LogP contribution in [0.2, 0.25) is 0 Å². The number of carboxylic acid groups (broad SMARTS) is 1. The van der Waals surface area contributed by atoms with Crippen LogP contribution in [0, 0.1) is 22.0 Å². The van der Waals surface area contributed by atoms with Crippen molar-refractivity contribution in [1.82, 2.24) is 0 Å². The van der Waals surface area contributed by atoms with Crippen molar-refractivity contribution in [2.45, 2.75) is 0 Å². The number of rotatable bonds is 2. The van der Waals surface area contributed by atoms with Crippen molar-refractivity contribution in [3.05, 3.63) is 39.4 Å². The first-order chi connectivity index (χ1) is 8.45. The maximum atomic E-state index is 10.9. The Balaban J connectivity index is 3.27. The quantitative estimate of drug-likeness (QED) is 0.360. The maximum Gasteiger partial charge on any atom is 0.384 e. The molecule has 0 saturated heterocycles. The molecule has 18 heavy (non-hydrogen) atoms. The SMILES string of the molecule is COC(=O)C#Cc1ccc([N+](=O)[O-])cc1C(=O)O. The van der Waals surface area contributed by atoms with Gasteiger partial charge in [-0.3, -0.25) is 10.1 Å². The van der Waals surface area contributed by atoms with Gasteiger partial charge < -0.3 is 9.84 Å². The number of methoxy groups -OCH3 is 1. The lowest BCUT2D eigenvalue weighted by atomic mass is 10.1. The number of carbonyl (C=O) groups is 2. The summed E-state index contributed by atoms with van der Waals surface area (Å²) in [7, 11) is 1.13. The van der Waals surface area contributed by atoms with Crippen molar-refractivity contribution in [3.8, 4) is 11.8 Å². The van der Waals surface area contributed by atoms with Crippen molar-refractivity contribution < 1.29 is 24.4 Å². The van der Waals surface area contributed by atoms with Crippen LogP contribution in [0.25, 0.3) is 0 Å². The van der Waals surface area contributed by atoms with Crippen LogP contribution in [-0.4, -0.2) is 29.1 Å². The predicted octanol–water partition coefficient (Wildman–Crippen LogP) is 0.817. The zero-order chi connectivity index (χ0) is 13.7. The van der Waals surface area contributed by atoms with E-state index >= 15 is 0 Å². The van der Waals surface area contributed by atoms with Gasteiger partial charge in [-0.2, -0.15) is 0 Å². The number of ether oxygens (including phenoxy) is 1. The minimum atomic E-state index is -1.37. The van der Waals surface area contributed by atoms with Crippen molar-refractivity contribution >= 4 is 17.6 Å². The lowest BCUT2D eigenvalue weighted by Gasteiger charge is -1.98. The third-order valence-electron chi connectivity index (χ3n) is 1.93. The number of carbonyl (C=O) groups excluding carboxylic acids is 1. The van der Waals surface area contributed by atoms with Gasteiger partial charge in [0.1, 0.15) is 0 Å². The average molecular weight is 249 g/mol. The van der Waals surface area contributed by atoms with Gasteiger partial charge in [-0.15, -0.1) is 0 Å². The fourth-order valence-electron chi connectivity index (χ4n) is 1.10. The molecule has 1 N–H and O–H groups in total. The topological polar surface area (TPSA) is 107 Å². The molecule has 0 radical (unpaired) electrons. The standard InChI is InChI=1S/C11H7NO6/c1-18-10(13)5-3-7-2-4-8(12(16)17)6-9(7)11(14)15/h2,4,6H,1H3,(H,14,15). The number of carboxylic acids is 1. The van der Waals surface area contributed by atoms with Crippen molar-refractivity contribution in [1.29, 1.82) is 0 Å². The summed E-state index contributed by atoms with van der Waals surface area (Å²) in [6.45, 7) is 0. The highest BCUT2D eigenvalue weighted by Crippen LogP contribution is 2.17. The zero-order valence-corrected chi connectivity index (χ0v) is 9.17. The number of esters is 1. The monoisotopic (exact) mass is 249 g/mol. The molecule has 0 spiro atoms. The molecule has 1 rings (SSSR count). The molecule has 0 atom stereocenters. The number of non-ortho nitro benzene ring substituents is 1. The van der Waals surface area contributed by atoms with E-state index in [-0.39, 0.29) is 16.8 Å². The first-order valence-electron chi connectivity index (χ1n) is 4.57. The summed E-state index contributed by atoms with van der Waals surface area (Å²) in [4.78, 5) is 31.5. The number of nitro benzene ring substituents is 1. The number of benzene rings is 1. The third-order valence-corrected chi connectivity index (χ3v) is 1.93. The molecular formula is C11H7NO6. The zero-order valence-electron chi connectivity index (χ0n) is 9.17. The molecule has 1 aromatic rings. The molecule has 0 aliphatic carbocycles. The van der Waals surface area contributed by atoms with Gasteiger partial charge in [0.2, 0.25) is 0 Å². The van der Waals surface area contributed by atoms with Crippen molar-refractivity contribution in [2.75, 3.05) is 7.11 Å². The second kappa shape index (κ2) is 5.45. The first kappa shape index (κ1) is 13.2. The summed E-state index contributed by atoms with van der Waals surface area (Å²) < 4.78 is 4.27. The second-order valence-corrected chi connectivity index (χ2v) is 3.03. The van der Waals surface area contributed by atoms with Gasteiger partial charge in [0, 0.05) is 23.6 Å². The smallest absolute Gasteiger partial charge is 0.384 e. The molecular weight excluding hydrogens is 242 g/mol. The maximum absolute atomic E-state index is 10.9. The molecule has 7 heteroatoms. The lowest BCUT2D eigenvalue weighted by molar-refractivity contribution is -0.384. The van der Waals surface area contributed by atoms with Gasteiger partial charge in [0.25, 0.3) is 5.69 Å². The Morgan fingerprint density at radius 3 is 2.61 bits per heavy atom. The van der Waals surface area contributed by atoms with Gasteiger partial charge in [0.05, 0.1) is 17.6 Å². The Kier molecular flexibility index (Phi) is 3.99. The van der Waals surface area contributed by atoms with E-state index in [0.29, 0.717) is 0 Å². The number of hydrogen-bond donors (Lipinski definition) is 1. The van der Waals surface area contributed by atoms with E-state index in [4.69, 9.17) is 5.11 Å². The Labute approximate surface area is 101 Å². The predicted molar refractivity (Wildman–Crippen MR) is 58.9 cm³/mol. The average Bonchev–Trinajstić information content (AvgIpc) is 2.35. The van der Waals surface area contributed by atoms with E-state index < -0.39 is 16.9 Å². The van der Waals surface area contributed by atoms with Gasteiger partial charge >= 0.3 is 11.9 Å². The van der Waals surface area contributed by atoms with Crippen LogP contribution in [0.5, 0.6) is 0 Å². The highest BCUT2D eigenvalue weighted by Gasteiger charge is 2.14. The van der Waals surface area contributed by atoms with Gasteiger partial charge in [-0.25, -0.2) is 9.59 Å². The van der Waals surface area contributed by atoms with Crippen LogP contribution in [0.3, 0.4) is 0 Å². The molecule has 92 valence electrons. The van der Waals surface area contributed by atoms with Gasteiger partial charge in [-0.05, 0) is 6.07 Å². The van der Waals surface area contributed by atoms with E-state index in [2.05, 4.69) is 10.7 Å². The fourth-order valence-corrected chi connectivity index (χ4v) is 1.10. The molecule has 0 unspecified atom stereocenters. The van der Waals surface area contributed by atoms with Crippen LogP contribution >= 0.6 is 0 Å². The number of hydrogen-bond acceptors (Lipinski definition) is 5. The van der Waals surface area contributed by atoms with Crippen LogP contribution in [0.1, 0.15) is 15.9 Å². The molecule has 0 saturated carbocycles. The molecule has 0 fully saturated rings. The molecule has 0 bridgehead atoms. The molecule has 1 aromatic carbocycles. The molecule has 0 aromatic heterocycles. The summed E-state index contributed by atoms with van der Waals surface area (Å²) in [5.41, 5.74) is -0.713. The summed E-state index contributed by atoms with van der Waals surface area (Å²) in [6, 6.07) is 3.15. The summed E-state index contributed by atoms with van der Waals surface area (Å²) in [5.74, 6) is 2.13.